The Hall–Kier alpha value is -2.75. The molecule has 0 unspecified atom stereocenters. The van der Waals surface area contributed by atoms with Crippen molar-refractivity contribution in [3.8, 4) is 11.5 Å². The first-order chi connectivity index (χ1) is 13.6. The quantitative estimate of drug-likeness (QED) is 0.707. The van der Waals surface area contributed by atoms with Crippen LogP contribution < -0.4 is 14.8 Å². The zero-order valence-electron chi connectivity index (χ0n) is 17.0. The van der Waals surface area contributed by atoms with Gasteiger partial charge in [-0.05, 0) is 48.6 Å². The standard InChI is InChI=1S/C24H29NO3/c1-18(19-9-5-4-6-10-19)15-23(26)25-17-24(13-7-8-14-24)20-11-12-21(27-2)22(16-20)28-3/h4-6,9-12,15-16H,7-8,13-14,17H2,1-3H3,(H,25,26). The van der Waals surface area contributed by atoms with Crippen LogP contribution in [0.15, 0.2) is 54.6 Å². The van der Waals surface area contributed by atoms with Crippen molar-refractivity contribution in [3.05, 3.63) is 65.7 Å². The third-order valence-corrected chi connectivity index (χ3v) is 5.73. The van der Waals surface area contributed by atoms with E-state index < -0.39 is 0 Å². The minimum absolute atomic E-state index is 0.0481. The van der Waals surface area contributed by atoms with Crippen molar-refractivity contribution in [2.75, 3.05) is 20.8 Å². The Bertz CT molecular complexity index is 836. The van der Waals surface area contributed by atoms with Crippen molar-refractivity contribution < 1.29 is 14.3 Å². The van der Waals surface area contributed by atoms with E-state index in [4.69, 9.17) is 9.47 Å². The summed E-state index contributed by atoms with van der Waals surface area (Å²) in [6.07, 6.45) is 6.15. The molecule has 0 bridgehead atoms. The van der Waals surface area contributed by atoms with Gasteiger partial charge in [0.2, 0.25) is 5.91 Å². The highest BCUT2D eigenvalue weighted by Gasteiger charge is 2.36. The van der Waals surface area contributed by atoms with Crippen molar-refractivity contribution in [1.29, 1.82) is 0 Å². The number of carbonyl (C=O) groups excluding carboxylic acids is 1. The largest absolute Gasteiger partial charge is 0.493 e. The molecule has 4 nitrogen and oxygen atoms in total. The molecule has 2 aromatic rings. The monoisotopic (exact) mass is 379 g/mol. The molecule has 0 aromatic heterocycles. The predicted molar refractivity (Wildman–Crippen MR) is 113 cm³/mol. The molecule has 0 aliphatic heterocycles. The van der Waals surface area contributed by atoms with Gasteiger partial charge in [-0.2, -0.15) is 0 Å². The van der Waals surface area contributed by atoms with Gasteiger partial charge in [0.15, 0.2) is 11.5 Å². The summed E-state index contributed by atoms with van der Waals surface area (Å²) < 4.78 is 10.9. The Morgan fingerprint density at radius 3 is 2.36 bits per heavy atom. The number of hydrogen-bond donors (Lipinski definition) is 1. The van der Waals surface area contributed by atoms with E-state index in [9.17, 15) is 4.79 Å². The Kier molecular flexibility index (Phi) is 6.40. The number of methoxy groups -OCH3 is 2. The van der Waals surface area contributed by atoms with E-state index in [0.717, 1.165) is 35.5 Å². The van der Waals surface area contributed by atoms with Crippen LogP contribution in [0.25, 0.3) is 5.57 Å². The average molecular weight is 380 g/mol. The summed E-state index contributed by atoms with van der Waals surface area (Å²) in [6, 6.07) is 16.1. The lowest BCUT2D eigenvalue weighted by Crippen LogP contribution is -2.38. The number of carbonyl (C=O) groups is 1. The van der Waals surface area contributed by atoms with Gasteiger partial charge in [-0.15, -0.1) is 0 Å². The second kappa shape index (κ2) is 8.96. The van der Waals surface area contributed by atoms with Gasteiger partial charge < -0.3 is 14.8 Å². The maximum atomic E-state index is 12.5. The molecule has 4 heteroatoms. The number of hydrogen-bond acceptors (Lipinski definition) is 3. The molecule has 0 radical (unpaired) electrons. The number of nitrogens with one attached hydrogen (secondary N) is 1. The SMILES string of the molecule is COc1ccc(C2(CNC(=O)C=C(C)c3ccccc3)CCCC2)cc1OC. The number of benzene rings is 2. The Labute approximate surface area is 167 Å². The predicted octanol–water partition coefficient (Wildman–Crippen LogP) is 4.74. The van der Waals surface area contributed by atoms with Crippen molar-refractivity contribution in [2.24, 2.45) is 0 Å². The summed E-state index contributed by atoms with van der Waals surface area (Å²) >= 11 is 0. The molecule has 1 aliphatic rings. The van der Waals surface area contributed by atoms with E-state index in [1.54, 1.807) is 20.3 Å². The molecule has 1 fully saturated rings. The molecule has 0 atom stereocenters. The molecule has 1 amide bonds. The van der Waals surface area contributed by atoms with E-state index in [1.165, 1.54) is 18.4 Å². The first-order valence-corrected chi connectivity index (χ1v) is 9.82. The van der Waals surface area contributed by atoms with Gasteiger partial charge >= 0.3 is 0 Å². The van der Waals surface area contributed by atoms with Gasteiger partial charge in [0, 0.05) is 18.0 Å². The molecule has 1 saturated carbocycles. The zero-order valence-corrected chi connectivity index (χ0v) is 17.0. The Balaban J connectivity index is 1.75. The fourth-order valence-electron chi connectivity index (χ4n) is 4.07. The van der Waals surface area contributed by atoms with Gasteiger partial charge in [-0.3, -0.25) is 4.79 Å². The van der Waals surface area contributed by atoms with Crippen molar-refractivity contribution >= 4 is 11.5 Å². The molecule has 0 spiro atoms. The van der Waals surface area contributed by atoms with Crippen LogP contribution in [0.2, 0.25) is 0 Å². The van der Waals surface area contributed by atoms with Gasteiger partial charge in [0.1, 0.15) is 0 Å². The molecule has 3 rings (SSSR count). The van der Waals surface area contributed by atoms with Crippen molar-refractivity contribution in [2.45, 2.75) is 38.0 Å². The highest BCUT2D eigenvalue weighted by Crippen LogP contribution is 2.43. The van der Waals surface area contributed by atoms with E-state index in [-0.39, 0.29) is 11.3 Å². The molecule has 28 heavy (non-hydrogen) atoms. The zero-order chi connectivity index (χ0) is 20.0. The third kappa shape index (κ3) is 4.38. The topological polar surface area (TPSA) is 47.6 Å². The molecule has 1 N–H and O–H groups in total. The molecular weight excluding hydrogens is 350 g/mol. The minimum atomic E-state index is -0.0519. The minimum Gasteiger partial charge on any atom is -0.493 e. The van der Waals surface area contributed by atoms with Crippen LogP contribution in [0.4, 0.5) is 0 Å². The summed E-state index contributed by atoms with van der Waals surface area (Å²) in [5.41, 5.74) is 3.17. The fraction of sp³-hybridized carbons (Fsp3) is 0.375. The fourth-order valence-corrected chi connectivity index (χ4v) is 4.07. The Morgan fingerprint density at radius 1 is 1.04 bits per heavy atom. The number of amides is 1. The molecule has 148 valence electrons. The van der Waals surface area contributed by atoms with Crippen LogP contribution in [0.5, 0.6) is 11.5 Å². The van der Waals surface area contributed by atoms with Gasteiger partial charge in [0.05, 0.1) is 14.2 Å². The van der Waals surface area contributed by atoms with Crippen LogP contribution in [0, 0.1) is 0 Å². The normalized spacial score (nSPS) is 15.9. The van der Waals surface area contributed by atoms with Crippen LogP contribution >= 0.6 is 0 Å². The molecule has 1 aliphatic carbocycles. The molecule has 2 aromatic carbocycles. The van der Waals surface area contributed by atoms with E-state index in [1.807, 2.05) is 43.3 Å². The second-order valence-electron chi connectivity index (χ2n) is 7.47. The number of allylic oxidation sites excluding steroid dienone is 1. The van der Waals surface area contributed by atoms with Crippen molar-refractivity contribution in [3.63, 3.8) is 0 Å². The number of rotatable bonds is 7. The lowest BCUT2D eigenvalue weighted by Gasteiger charge is -2.30. The van der Waals surface area contributed by atoms with Gasteiger partial charge in [0.25, 0.3) is 0 Å². The first-order valence-electron chi connectivity index (χ1n) is 9.82. The van der Waals surface area contributed by atoms with Crippen molar-refractivity contribution in [1.82, 2.24) is 5.32 Å². The lowest BCUT2D eigenvalue weighted by molar-refractivity contribution is -0.116. The second-order valence-corrected chi connectivity index (χ2v) is 7.47. The molecule has 0 heterocycles. The average Bonchev–Trinajstić information content (AvgIpc) is 3.22. The van der Waals surface area contributed by atoms with E-state index in [2.05, 4.69) is 17.4 Å². The van der Waals surface area contributed by atoms with Crippen LogP contribution in [-0.4, -0.2) is 26.7 Å². The van der Waals surface area contributed by atoms with Crippen LogP contribution in [-0.2, 0) is 10.2 Å². The first kappa shape index (κ1) is 20.0. The molecule has 0 saturated heterocycles. The smallest absolute Gasteiger partial charge is 0.244 e. The number of ether oxygens (including phenoxy) is 2. The maximum Gasteiger partial charge on any atom is 0.244 e. The highest BCUT2D eigenvalue weighted by atomic mass is 16.5. The lowest BCUT2D eigenvalue weighted by atomic mass is 9.78. The molecular formula is C24H29NO3. The summed E-state index contributed by atoms with van der Waals surface area (Å²) in [5.74, 6) is 1.41. The van der Waals surface area contributed by atoms with E-state index in [0.29, 0.717) is 6.54 Å². The van der Waals surface area contributed by atoms with Gasteiger partial charge in [-0.25, -0.2) is 0 Å². The summed E-state index contributed by atoms with van der Waals surface area (Å²) in [7, 11) is 3.30. The van der Waals surface area contributed by atoms with Gasteiger partial charge in [-0.1, -0.05) is 49.2 Å². The Morgan fingerprint density at radius 2 is 1.71 bits per heavy atom. The summed E-state index contributed by atoms with van der Waals surface area (Å²) in [6.45, 7) is 2.59. The van der Waals surface area contributed by atoms with Crippen LogP contribution in [0.1, 0.15) is 43.7 Å². The third-order valence-electron chi connectivity index (χ3n) is 5.73. The van der Waals surface area contributed by atoms with E-state index >= 15 is 0 Å². The summed E-state index contributed by atoms with van der Waals surface area (Å²) in [5, 5.41) is 3.14. The highest BCUT2D eigenvalue weighted by molar-refractivity contribution is 5.94. The maximum absolute atomic E-state index is 12.5. The van der Waals surface area contributed by atoms with Crippen LogP contribution in [0.3, 0.4) is 0 Å². The summed E-state index contributed by atoms with van der Waals surface area (Å²) in [4.78, 5) is 12.5.